The van der Waals surface area contributed by atoms with Crippen LogP contribution in [0.5, 0.6) is 11.5 Å². The highest BCUT2D eigenvalue weighted by Crippen LogP contribution is 2.35. The second kappa shape index (κ2) is 9.37. The first-order valence-electron chi connectivity index (χ1n) is 10.4. The molecule has 7 N–H and O–H groups in total. The highest BCUT2D eigenvalue weighted by molar-refractivity contribution is 5.85. The molecule has 2 fully saturated rings. The molecule has 34 heavy (non-hydrogen) atoms. The van der Waals surface area contributed by atoms with Crippen LogP contribution in [0.1, 0.15) is 5.76 Å². The fourth-order valence-electron chi connectivity index (χ4n) is 3.94. The molecular formula is C21H26O13. The summed E-state index contributed by atoms with van der Waals surface area (Å²) < 4.78 is 27.5. The van der Waals surface area contributed by atoms with Crippen molar-refractivity contribution in [2.24, 2.45) is 0 Å². The number of fused-ring (bicyclic) bond motifs is 1. The van der Waals surface area contributed by atoms with Gasteiger partial charge in [0.05, 0.1) is 19.8 Å². The molecule has 0 saturated carbocycles. The summed E-state index contributed by atoms with van der Waals surface area (Å²) in [6, 6.07) is 3.52. The Bertz CT molecular complexity index is 1080. The van der Waals surface area contributed by atoms with Crippen molar-refractivity contribution in [2.45, 2.75) is 55.6 Å². The van der Waals surface area contributed by atoms with Crippen molar-refractivity contribution < 1.29 is 59.1 Å². The van der Waals surface area contributed by atoms with Gasteiger partial charge >= 0.3 is 0 Å². The standard InChI is InChI=1S/C21H26O13/c1-8-2-10(25)14-11(31-8)3-9(24)4-12(14)32-19-17(16(27)15(26)13(5-22)33-19)34-20-18(28)21(29,6-23)7-30-20/h2-4,13,15-20,22-24,26-29H,5-7H2,1H3/t13-,15-,16+,17-,18+,19-,20+,21-/m1/s1. The van der Waals surface area contributed by atoms with Gasteiger partial charge in [-0.3, -0.25) is 4.79 Å². The molecule has 0 amide bonds. The minimum Gasteiger partial charge on any atom is -0.508 e. The van der Waals surface area contributed by atoms with Crippen molar-refractivity contribution in [1.29, 1.82) is 0 Å². The van der Waals surface area contributed by atoms with E-state index in [0.29, 0.717) is 0 Å². The normalized spacial score (nSPS) is 36.1. The fraction of sp³-hybridized carbons (Fsp3) is 0.571. The van der Waals surface area contributed by atoms with Crippen LogP contribution < -0.4 is 10.2 Å². The summed E-state index contributed by atoms with van der Waals surface area (Å²) in [7, 11) is 0. The van der Waals surface area contributed by atoms with Gasteiger partial charge in [-0.15, -0.1) is 0 Å². The van der Waals surface area contributed by atoms with Gasteiger partial charge in [0.15, 0.2) is 17.8 Å². The van der Waals surface area contributed by atoms with Crippen LogP contribution in [-0.2, 0) is 14.2 Å². The quantitative estimate of drug-likeness (QED) is 0.225. The van der Waals surface area contributed by atoms with Gasteiger partial charge in [0.1, 0.15) is 58.2 Å². The lowest BCUT2D eigenvalue weighted by Crippen LogP contribution is -2.62. The minimum atomic E-state index is -2.02. The van der Waals surface area contributed by atoms with Gasteiger partial charge in [0, 0.05) is 18.2 Å². The van der Waals surface area contributed by atoms with Gasteiger partial charge in [-0.2, -0.15) is 0 Å². The molecule has 4 rings (SSSR count). The number of hydrogen-bond acceptors (Lipinski definition) is 13. The molecule has 3 heterocycles. The van der Waals surface area contributed by atoms with Crippen molar-refractivity contribution in [1.82, 2.24) is 0 Å². The van der Waals surface area contributed by atoms with Gasteiger partial charge in [-0.1, -0.05) is 0 Å². The molecule has 13 heteroatoms. The Morgan fingerprint density at radius 3 is 2.50 bits per heavy atom. The Kier molecular flexibility index (Phi) is 6.83. The van der Waals surface area contributed by atoms with Crippen molar-refractivity contribution in [3.63, 3.8) is 0 Å². The second-order valence-corrected chi connectivity index (χ2v) is 8.35. The number of ether oxygens (including phenoxy) is 4. The molecule has 0 radical (unpaired) electrons. The first-order valence-corrected chi connectivity index (χ1v) is 10.4. The smallest absolute Gasteiger partial charge is 0.229 e. The van der Waals surface area contributed by atoms with E-state index in [-0.39, 0.29) is 28.2 Å². The summed E-state index contributed by atoms with van der Waals surface area (Å²) in [6.07, 6.45) is -11.2. The topological polar surface area (TPSA) is 209 Å². The van der Waals surface area contributed by atoms with E-state index in [9.17, 15) is 40.5 Å². The first kappa shape index (κ1) is 24.8. The molecule has 2 aliphatic rings. The van der Waals surface area contributed by atoms with Crippen molar-refractivity contribution in [3.8, 4) is 11.5 Å². The lowest BCUT2D eigenvalue weighted by atomic mass is 9.98. The summed E-state index contributed by atoms with van der Waals surface area (Å²) >= 11 is 0. The number of aliphatic hydroxyl groups is 6. The Labute approximate surface area is 191 Å². The summed E-state index contributed by atoms with van der Waals surface area (Å²) in [5.41, 5.74) is -2.51. The number of aliphatic hydroxyl groups excluding tert-OH is 5. The number of phenols is 1. The third-order valence-corrected chi connectivity index (χ3v) is 5.84. The van der Waals surface area contributed by atoms with E-state index < -0.39 is 74.0 Å². The summed E-state index contributed by atoms with van der Waals surface area (Å²) in [5.74, 6) is -0.236. The van der Waals surface area contributed by atoms with E-state index in [4.69, 9.17) is 23.4 Å². The van der Waals surface area contributed by atoms with E-state index >= 15 is 0 Å². The molecule has 8 atom stereocenters. The molecule has 0 aliphatic carbocycles. The number of aromatic hydroxyl groups is 1. The lowest BCUT2D eigenvalue weighted by molar-refractivity contribution is -0.318. The van der Waals surface area contributed by atoms with Gasteiger partial charge in [0.25, 0.3) is 0 Å². The zero-order chi connectivity index (χ0) is 24.8. The zero-order valence-electron chi connectivity index (χ0n) is 18.0. The predicted molar refractivity (Wildman–Crippen MR) is 110 cm³/mol. The van der Waals surface area contributed by atoms with E-state index in [2.05, 4.69) is 0 Å². The van der Waals surface area contributed by atoms with Crippen LogP contribution in [0.2, 0.25) is 0 Å². The number of rotatable bonds is 6. The van der Waals surface area contributed by atoms with Crippen LogP contribution in [0.25, 0.3) is 11.0 Å². The number of benzene rings is 1. The third kappa shape index (κ3) is 4.37. The molecule has 0 spiro atoms. The maximum absolute atomic E-state index is 12.6. The van der Waals surface area contributed by atoms with Crippen LogP contribution in [0.15, 0.2) is 27.4 Å². The molecule has 2 saturated heterocycles. The Hall–Kier alpha value is -2.33. The number of aryl methyl sites for hydroxylation is 1. The van der Waals surface area contributed by atoms with Crippen LogP contribution in [0, 0.1) is 6.92 Å². The molecule has 188 valence electrons. The summed E-state index contributed by atoms with van der Waals surface area (Å²) in [4.78, 5) is 12.6. The van der Waals surface area contributed by atoms with Crippen molar-refractivity contribution in [3.05, 3.63) is 34.2 Å². The minimum absolute atomic E-state index is 0.00938. The maximum Gasteiger partial charge on any atom is 0.229 e. The van der Waals surface area contributed by atoms with Crippen LogP contribution in [0.4, 0.5) is 0 Å². The van der Waals surface area contributed by atoms with Crippen molar-refractivity contribution >= 4 is 11.0 Å². The Morgan fingerprint density at radius 2 is 1.85 bits per heavy atom. The van der Waals surface area contributed by atoms with Crippen LogP contribution >= 0.6 is 0 Å². The molecule has 2 aromatic rings. The van der Waals surface area contributed by atoms with E-state index in [1.807, 2.05) is 0 Å². The van der Waals surface area contributed by atoms with Crippen LogP contribution in [0.3, 0.4) is 0 Å². The molecule has 0 bridgehead atoms. The highest BCUT2D eigenvalue weighted by atomic mass is 16.8. The molecule has 1 aromatic carbocycles. The van der Waals surface area contributed by atoms with E-state index in [1.165, 1.54) is 12.1 Å². The molecule has 13 nitrogen and oxygen atoms in total. The Balaban J connectivity index is 1.69. The number of phenolic OH excluding ortho intramolecular Hbond substituents is 1. The van der Waals surface area contributed by atoms with E-state index in [0.717, 1.165) is 6.07 Å². The molecule has 0 unspecified atom stereocenters. The van der Waals surface area contributed by atoms with E-state index in [1.54, 1.807) is 6.92 Å². The molecule has 1 aromatic heterocycles. The van der Waals surface area contributed by atoms with Gasteiger partial charge in [-0.25, -0.2) is 0 Å². The lowest BCUT2D eigenvalue weighted by Gasteiger charge is -2.42. The predicted octanol–water partition coefficient (Wildman–Crippen LogP) is -2.55. The Morgan fingerprint density at radius 1 is 1.12 bits per heavy atom. The largest absolute Gasteiger partial charge is 0.508 e. The van der Waals surface area contributed by atoms with Gasteiger partial charge < -0.3 is 59.1 Å². The number of hydrogen-bond donors (Lipinski definition) is 7. The molecule has 2 aliphatic heterocycles. The average Bonchev–Trinajstić information content (AvgIpc) is 3.06. The fourth-order valence-corrected chi connectivity index (χ4v) is 3.94. The molecular weight excluding hydrogens is 460 g/mol. The average molecular weight is 486 g/mol. The van der Waals surface area contributed by atoms with Gasteiger partial charge in [0.2, 0.25) is 6.29 Å². The monoisotopic (exact) mass is 486 g/mol. The summed E-state index contributed by atoms with van der Waals surface area (Å²) in [6.45, 7) is -0.481. The van der Waals surface area contributed by atoms with Crippen molar-refractivity contribution in [2.75, 3.05) is 19.8 Å². The zero-order valence-corrected chi connectivity index (χ0v) is 18.0. The first-order chi connectivity index (χ1) is 16.1. The highest BCUT2D eigenvalue weighted by Gasteiger charge is 2.53. The summed E-state index contributed by atoms with van der Waals surface area (Å²) in [5, 5.41) is 70.3. The maximum atomic E-state index is 12.6. The van der Waals surface area contributed by atoms with Crippen LogP contribution in [-0.4, -0.2) is 104 Å². The third-order valence-electron chi connectivity index (χ3n) is 5.84. The SMILES string of the molecule is Cc1cc(=O)c2c(O[C@@H]3O[C@H](CO)[C@@H](O)[C@H](O)[C@H]3O[C@@H]3OC[C@](O)(CO)[C@H]3O)cc(O)cc2o1. The van der Waals surface area contributed by atoms with Gasteiger partial charge in [-0.05, 0) is 6.92 Å². The second-order valence-electron chi connectivity index (χ2n) is 8.35.